The predicted octanol–water partition coefficient (Wildman–Crippen LogP) is 6.63. The van der Waals surface area contributed by atoms with Gasteiger partial charge in [0.1, 0.15) is 11.5 Å². The minimum absolute atomic E-state index is 0.0757. The summed E-state index contributed by atoms with van der Waals surface area (Å²) in [5.41, 5.74) is 3.88. The van der Waals surface area contributed by atoms with Crippen LogP contribution in [0.1, 0.15) is 90.2 Å². The van der Waals surface area contributed by atoms with Gasteiger partial charge in [-0.05, 0) is 58.8 Å². The third-order valence-electron chi connectivity index (χ3n) is 8.11. The van der Waals surface area contributed by atoms with Crippen molar-refractivity contribution < 1.29 is 14.6 Å². The van der Waals surface area contributed by atoms with Crippen LogP contribution in [0.3, 0.4) is 0 Å². The Bertz CT molecular complexity index is 749. The molecule has 1 aromatic rings. The van der Waals surface area contributed by atoms with Gasteiger partial charge in [-0.3, -0.25) is 0 Å². The third-order valence-corrected chi connectivity index (χ3v) is 8.11. The van der Waals surface area contributed by atoms with Gasteiger partial charge in [-0.1, -0.05) is 66.4 Å². The molecule has 0 heterocycles. The lowest BCUT2D eigenvalue weighted by molar-refractivity contribution is -0.0260. The maximum absolute atomic E-state index is 9.98. The van der Waals surface area contributed by atoms with Crippen molar-refractivity contribution in [3.05, 3.63) is 34.9 Å². The van der Waals surface area contributed by atoms with Crippen LogP contribution in [0, 0.1) is 17.3 Å². The first-order valence-electron chi connectivity index (χ1n) is 11.8. The van der Waals surface area contributed by atoms with E-state index in [1.165, 1.54) is 36.8 Å². The molecule has 0 spiro atoms. The first kappa shape index (κ1) is 23.2. The molecule has 2 bridgehead atoms. The summed E-state index contributed by atoms with van der Waals surface area (Å²) >= 11 is 0. The second-order valence-corrected chi connectivity index (χ2v) is 10.6. The Labute approximate surface area is 183 Å². The molecule has 3 aliphatic carbocycles. The average molecular weight is 415 g/mol. The van der Waals surface area contributed by atoms with Gasteiger partial charge < -0.3 is 14.6 Å². The quantitative estimate of drug-likeness (QED) is 0.345. The van der Waals surface area contributed by atoms with E-state index in [0.717, 1.165) is 29.9 Å². The fourth-order valence-corrected chi connectivity index (χ4v) is 5.90. The molecule has 1 aromatic carbocycles. The summed E-state index contributed by atoms with van der Waals surface area (Å²) in [7, 11) is 3.54. The van der Waals surface area contributed by atoms with Crippen LogP contribution in [-0.2, 0) is 5.41 Å². The molecule has 0 amide bonds. The van der Waals surface area contributed by atoms with Crippen molar-refractivity contribution in [2.45, 2.75) is 84.5 Å². The lowest BCUT2D eigenvalue weighted by Crippen LogP contribution is -2.51. The number of rotatable bonds is 10. The maximum Gasteiger partial charge on any atom is 0.126 e. The highest BCUT2D eigenvalue weighted by atomic mass is 16.5. The molecule has 30 heavy (non-hydrogen) atoms. The van der Waals surface area contributed by atoms with E-state index in [4.69, 9.17) is 9.47 Å². The fraction of sp³-hybridized carbons (Fsp3) is 0.704. The van der Waals surface area contributed by atoms with Gasteiger partial charge >= 0.3 is 0 Å². The molecule has 1 fully saturated rings. The van der Waals surface area contributed by atoms with E-state index in [9.17, 15) is 5.11 Å². The average Bonchev–Trinajstić information content (AvgIpc) is 2.74. The smallest absolute Gasteiger partial charge is 0.126 e. The Morgan fingerprint density at radius 2 is 1.70 bits per heavy atom. The van der Waals surface area contributed by atoms with E-state index in [1.807, 2.05) is 0 Å². The summed E-state index contributed by atoms with van der Waals surface area (Å²) in [6.45, 7) is 11.7. The maximum atomic E-state index is 9.98. The zero-order valence-corrected chi connectivity index (χ0v) is 20.2. The Morgan fingerprint density at radius 1 is 1.07 bits per heavy atom. The molecule has 3 nitrogen and oxygen atoms in total. The van der Waals surface area contributed by atoms with E-state index in [1.54, 1.807) is 14.2 Å². The summed E-state index contributed by atoms with van der Waals surface area (Å²) in [4.78, 5) is 0. The van der Waals surface area contributed by atoms with Crippen molar-refractivity contribution in [1.82, 2.24) is 0 Å². The molecule has 1 unspecified atom stereocenters. The lowest BCUT2D eigenvalue weighted by Gasteiger charge is -2.59. The van der Waals surface area contributed by atoms with Gasteiger partial charge in [-0.2, -0.15) is 0 Å². The van der Waals surface area contributed by atoms with Crippen LogP contribution < -0.4 is 9.47 Å². The molecule has 4 rings (SSSR count). The largest absolute Gasteiger partial charge is 0.496 e. The van der Waals surface area contributed by atoms with Crippen LogP contribution in [-0.4, -0.2) is 25.9 Å². The Morgan fingerprint density at radius 3 is 2.20 bits per heavy atom. The first-order chi connectivity index (χ1) is 14.2. The molecule has 168 valence electrons. The van der Waals surface area contributed by atoms with Gasteiger partial charge in [0.05, 0.1) is 20.8 Å². The Balaban J connectivity index is 1.99. The zero-order chi connectivity index (χ0) is 22.1. The number of hydrogen-bond donors (Lipinski definition) is 1. The van der Waals surface area contributed by atoms with Crippen molar-refractivity contribution in [3.8, 4) is 11.5 Å². The molecule has 0 saturated heterocycles. The summed E-state index contributed by atoms with van der Waals surface area (Å²) < 4.78 is 11.9. The second-order valence-electron chi connectivity index (χ2n) is 10.6. The van der Waals surface area contributed by atoms with Crippen molar-refractivity contribution >= 4 is 0 Å². The highest BCUT2D eigenvalue weighted by Crippen LogP contribution is 2.65. The van der Waals surface area contributed by atoms with E-state index in [0.29, 0.717) is 11.8 Å². The highest BCUT2D eigenvalue weighted by molar-refractivity contribution is 5.55. The van der Waals surface area contributed by atoms with Crippen molar-refractivity contribution in [2.75, 3.05) is 20.8 Å². The molecule has 1 saturated carbocycles. The molecule has 3 aliphatic rings. The Hall–Kier alpha value is -1.48. The van der Waals surface area contributed by atoms with Crippen LogP contribution >= 0.6 is 0 Å². The molecular weight excluding hydrogens is 372 g/mol. The monoisotopic (exact) mass is 414 g/mol. The predicted molar refractivity (Wildman–Crippen MR) is 125 cm³/mol. The molecule has 0 aromatic heterocycles. The normalized spacial score (nSPS) is 24.8. The van der Waals surface area contributed by atoms with Crippen LogP contribution in [0.25, 0.3) is 0 Å². The summed E-state index contributed by atoms with van der Waals surface area (Å²) in [5.74, 6) is 3.12. The van der Waals surface area contributed by atoms with Crippen molar-refractivity contribution in [3.63, 3.8) is 0 Å². The van der Waals surface area contributed by atoms with Gasteiger partial charge in [0.2, 0.25) is 0 Å². The van der Waals surface area contributed by atoms with Crippen molar-refractivity contribution in [2.24, 2.45) is 17.3 Å². The van der Waals surface area contributed by atoms with Gasteiger partial charge in [0.25, 0.3) is 0 Å². The SMILES string of the molecule is CCCCCCC(C)(C)c1cc(OC)c([C@H]2C=C(CO)[C@@H]3CC2C3(C)C)c(OC)c1. The zero-order valence-electron chi connectivity index (χ0n) is 20.2. The number of fused-ring (bicyclic) bond motifs is 1. The van der Waals surface area contributed by atoms with E-state index < -0.39 is 0 Å². The summed E-state index contributed by atoms with van der Waals surface area (Å²) in [5, 5.41) is 9.98. The topological polar surface area (TPSA) is 38.7 Å². The summed E-state index contributed by atoms with van der Waals surface area (Å²) in [6.07, 6.45) is 9.70. The summed E-state index contributed by atoms with van der Waals surface area (Å²) in [6, 6.07) is 4.48. The minimum Gasteiger partial charge on any atom is -0.496 e. The molecule has 3 atom stereocenters. The van der Waals surface area contributed by atoms with Gasteiger partial charge in [0.15, 0.2) is 0 Å². The number of hydrogen-bond acceptors (Lipinski definition) is 3. The van der Waals surface area contributed by atoms with Crippen LogP contribution in [0.2, 0.25) is 0 Å². The molecule has 0 aliphatic heterocycles. The second kappa shape index (κ2) is 8.94. The van der Waals surface area contributed by atoms with Gasteiger partial charge in [-0.15, -0.1) is 0 Å². The Kier molecular flexibility index (Phi) is 6.91. The number of benzene rings is 1. The lowest BCUT2D eigenvalue weighted by atomic mass is 9.45. The third kappa shape index (κ3) is 4.02. The number of allylic oxidation sites excluding steroid dienone is 1. The van der Waals surface area contributed by atoms with E-state index in [-0.39, 0.29) is 23.4 Å². The number of methoxy groups -OCH3 is 2. The fourth-order valence-electron chi connectivity index (χ4n) is 5.90. The molecule has 0 radical (unpaired) electrons. The van der Waals surface area contributed by atoms with Gasteiger partial charge in [-0.25, -0.2) is 0 Å². The number of aliphatic hydroxyl groups is 1. The van der Waals surface area contributed by atoms with E-state index in [2.05, 4.69) is 52.8 Å². The van der Waals surface area contributed by atoms with Crippen LogP contribution in [0.15, 0.2) is 23.8 Å². The number of ether oxygens (including phenoxy) is 2. The van der Waals surface area contributed by atoms with Crippen molar-refractivity contribution in [1.29, 1.82) is 0 Å². The molecular formula is C27H42O3. The minimum atomic E-state index is 0.0757. The van der Waals surface area contributed by atoms with E-state index >= 15 is 0 Å². The molecule has 1 N–H and O–H groups in total. The van der Waals surface area contributed by atoms with Gasteiger partial charge in [0, 0.05) is 11.5 Å². The highest BCUT2D eigenvalue weighted by Gasteiger charge is 2.56. The molecule has 3 heteroatoms. The standard InChI is InChI=1S/C27H42O3/c1-8-9-10-11-12-26(2,3)19-14-23(29-6)25(24(15-19)30-7)20-13-18(17-28)21-16-22(20)27(21,4)5/h13-15,20-22,28H,8-12,16-17H2,1-7H3/t20-,21-,22?/m0/s1. The number of aliphatic hydroxyl groups excluding tert-OH is 1. The van der Waals surface area contributed by atoms with Crippen LogP contribution in [0.5, 0.6) is 11.5 Å². The first-order valence-corrected chi connectivity index (χ1v) is 11.8. The number of unbranched alkanes of at least 4 members (excludes halogenated alkanes) is 3. The van der Waals surface area contributed by atoms with Crippen LogP contribution in [0.4, 0.5) is 0 Å².